The number of nitrogens with one attached hydrogen (secondary N) is 1. The van der Waals surface area contributed by atoms with Gasteiger partial charge >= 0.3 is 0 Å². The van der Waals surface area contributed by atoms with Crippen LogP contribution < -0.4 is 5.32 Å². The van der Waals surface area contributed by atoms with Crippen LogP contribution in [0.4, 0.5) is 0 Å². The highest BCUT2D eigenvalue weighted by Gasteiger charge is 2.35. The van der Waals surface area contributed by atoms with Gasteiger partial charge in [-0.1, -0.05) is 6.07 Å². The lowest BCUT2D eigenvalue weighted by Gasteiger charge is -2.27. The Morgan fingerprint density at radius 2 is 2.29 bits per heavy atom. The van der Waals surface area contributed by atoms with Crippen LogP contribution >= 0.6 is 11.3 Å². The summed E-state index contributed by atoms with van der Waals surface area (Å²) in [6, 6.07) is 6.46. The largest absolute Gasteiger partial charge is 0.377 e. The summed E-state index contributed by atoms with van der Waals surface area (Å²) < 4.78 is 5.74. The van der Waals surface area contributed by atoms with E-state index in [1.54, 1.807) is 11.3 Å². The number of thiophene rings is 1. The fourth-order valence-electron chi connectivity index (χ4n) is 3.64. The second-order valence-electron chi connectivity index (χ2n) is 6.83. The van der Waals surface area contributed by atoms with Crippen LogP contribution in [0.5, 0.6) is 0 Å². The van der Waals surface area contributed by atoms with Crippen molar-refractivity contribution >= 4 is 17.2 Å². The van der Waals surface area contributed by atoms with Crippen molar-refractivity contribution in [2.75, 3.05) is 19.7 Å². The number of hydrogen-bond donors (Lipinski definition) is 1. The third-order valence-corrected chi connectivity index (χ3v) is 5.72. The molecule has 2 fully saturated rings. The van der Waals surface area contributed by atoms with Crippen molar-refractivity contribution in [2.45, 2.75) is 56.7 Å². The van der Waals surface area contributed by atoms with Crippen molar-refractivity contribution < 1.29 is 9.53 Å². The van der Waals surface area contributed by atoms with E-state index in [9.17, 15) is 10.1 Å². The molecule has 1 aliphatic heterocycles. The standard InChI is InChI=1S/C18H25N3O2S/c19-14-18(7-1-2-8-18)20-17(22)13-21(11-15-5-3-9-23-15)12-16-6-4-10-24-16/h4,6,10,15H,1-3,5,7-9,11-13H2,(H,20,22). The van der Waals surface area contributed by atoms with E-state index < -0.39 is 5.54 Å². The molecule has 1 aliphatic carbocycles. The number of carbonyl (C=O) groups is 1. The van der Waals surface area contributed by atoms with E-state index in [0.29, 0.717) is 6.54 Å². The third kappa shape index (κ3) is 4.56. The van der Waals surface area contributed by atoms with Crippen LogP contribution in [0.1, 0.15) is 43.4 Å². The van der Waals surface area contributed by atoms with Gasteiger partial charge in [0, 0.05) is 24.6 Å². The van der Waals surface area contributed by atoms with E-state index >= 15 is 0 Å². The number of amides is 1. The summed E-state index contributed by atoms with van der Waals surface area (Å²) in [4.78, 5) is 15.9. The normalized spacial score (nSPS) is 22.6. The zero-order valence-corrected chi connectivity index (χ0v) is 14.8. The molecule has 0 aromatic carbocycles. The molecule has 1 N–H and O–H groups in total. The molecule has 1 saturated heterocycles. The first kappa shape index (κ1) is 17.4. The zero-order valence-electron chi connectivity index (χ0n) is 14.0. The van der Waals surface area contributed by atoms with E-state index in [4.69, 9.17) is 4.74 Å². The van der Waals surface area contributed by atoms with E-state index in [2.05, 4.69) is 27.7 Å². The molecular formula is C18H25N3O2S. The topological polar surface area (TPSA) is 65.4 Å². The molecule has 130 valence electrons. The number of hydrogen-bond acceptors (Lipinski definition) is 5. The van der Waals surface area contributed by atoms with Crippen molar-refractivity contribution in [3.05, 3.63) is 22.4 Å². The molecule has 1 aromatic rings. The molecule has 0 radical (unpaired) electrons. The Bertz CT molecular complexity index is 570. The molecule has 2 aliphatic rings. The highest BCUT2D eigenvalue weighted by molar-refractivity contribution is 7.09. The maximum Gasteiger partial charge on any atom is 0.235 e. The molecule has 3 rings (SSSR count). The third-order valence-electron chi connectivity index (χ3n) is 4.86. The first-order chi connectivity index (χ1) is 11.7. The zero-order chi connectivity index (χ0) is 16.8. The molecule has 1 saturated carbocycles. The molecule has 1 amide bonds. The minimum absolute atomic E-state index is 0.0481. The fraction of sp³-hybridized carbons (Fsp3) is 0.667. The SMILES string of the molecule is N#CC1(NC(=O)CN(Cc2cccs2)CC2CCCO2)CCCC1. The molecule has 1 atom stereocenters. The molecule has 1 aromatic heterocycles. The average Bonchev–Trinajstić information content (AvgIpc) is 3.29. The highest BCUT2D eigenvalue weighted by atomic mass is 32.1. The molecule has 0 bridgehead atoms. The van der Waals surface area contributed by atoms with E-state index in [0.717, 1.165) is 58.2 Å². The molecule has 24 heavy (non-hydrogen) atoms. The van der Waals surface area contributed by atoms with Crippen molar-refractivity contribution in [3.63, 3.8) is 0 Å². The second kappa shape index (κ2) is 8.11. The summed E-state index contributed by atoms with van der Waals surface area (Å²) >= 11 is 1.71. The lowest BCUT2D eigenvalue weighted by molar-refractivity contribution is -0.124. The van der Waals surface area contributed by atoms with Crippen LogP contribution in [0.25, 0.3) is 0 Å². The first-order valence-corrected chi connectivity index (χ1v) is 9.66. The van der Waals surface area contributed by atoms with Gasteiger partial charge in [0.15, 0.2) is 0 Å². The van der Waals surface area contributed by atoms with Crippen LogP contribution in [0.3, 0.4) is 0 Å². The number of ether oxygens (including phenoxy) is 1. The Morgan fingerprint density at radius 3 is 2.92 bits per heavy atom. The molecule has 6 heteroatoms. The molecule has 0 spiro atoms. The lowest BCUT2D eigenvalue weighted by atomic mass is 10.00. The summed E-state index contributed by atoms with van der Waals surface area (Å²) in [5.74, 6) is -0.0481. The van der Waals surface area contributed by atoms with E-state index in [1.807, 2.05) is 6.07 Å². The Morgan fingerprint density at radius 1 is 1.46 bits per heavy atom. The van der Waals surface area contributed by atoms with Gasteiger partial charge in [0.25, 0.3) is 0 Å². The summed E-state index contributed by atoms with van der Waals surface area (Å²) in [6.45, 7) is 2.66. The monoisotopic (exact) mass is 347 g/mol. The number of rotatable bonds is 7. The van der Waals surface area contributed by atoms with Crippen LogP contribution in [-0.2, 0) is 16.1 Å². The van der Waals surface area contributed by atoms with Gasteiger partial charge in [-0.15, -0.1) is 11.3 Å². The van der Waals surface area contributed by atoms with Crippen molar-refractivity contribution in [2.24, 2.45) is 0 Å². The lowest BCUT2D eigenvalue weighted by Crippen LogP contribution is -2.49. The average molecular weight is 347 g/mol. The van der Waals surface area contributed by atoms with Crippen LogP contribution in [0, 0.1) is 11.3 Å². The van der Waals surface area contributed by atoms with Gasteiger partial charge in [0.05, 0.1) is 18.7 Å². The van der Waals surface area contributed by atoms with Gasteiger partial charge in [0.1, 0.15) is 5.54 Å². The Kier molecular flexibility index (Phi) is 5.88. The predicted molar refractivity (Wildman–Crippen MR) is 93.5 cm³/mol. The number of carbonyl (C=O) groups excluding carboxylic acids is 1. The first-order valence-electron chi connectivity index (χ1n) is 8.78. The molecule has 2 heterocycles. The predicted octanol–water partition coefficient (Wildman–Crippen LogP) is 2.68. The van der Waals surface area contributed by atoms with E-state index in [1.165, 1.54) is 4.88 Å². The van der Waals surface area contributed by atoms with Crippen LogP contribution in [0.15, 0.2) is 17.5 Å². The summed E-state index contributed by atoms with van der Waals surface area (Å²) in [5, 5.41) is 14.5. The van der Waals surface area contributed by atoms with Gasteiger partial charge in [0.2, 0.25) is 5.91 Å². The van der Waals surface area contributed by atoms with Gasteiger partial charge in [-0.3, -0.25) is 9.69 Å². The fourth-order valence-corrected chi connectivity index (χ4v) is 4.38. The minimum Gasteiger partial charge on any atom is -0.377 e. The van der Waals surface area contributed by atoms with Crippen molar-refractivity contribution in [1.29, 1.82) is 5.26 Å². The number of nitrogens with zero attached hydrogens (tertiary/aromatic N) is 2. The summed E-state index contributed by atoms with van der Waals surface area (Å²) in [6.07, 6.45) is 5.95. The Balaban J connectivity index is 1.59. The minimum atomic E-state index is -0.643. The van der Waals surface area contributed by atoms with Crippen molar-refractivity contribution in [3.8, 4) is 6.07 Å². The molecule has 5 nitrogen and oxygen atoms in total. The quantitative estimate of drug-likeness (QED) is 0.823. The van der Waals surface area contributed by atoms with Gasteiger partial charge in [-0.05, 0) is 50.0 Å². The van der Waals surface area contributed by atoms with Crippen LogP contribution in [-0.4, -0.2) is 42.1 Å². The maximum absolute atomic E-state index is 12.5. The van der Waals surface area contributed by atoms with Crippen molar-refractivity contribution in [1.82, 2.24) is 10.2 Å². The Hall–Kier alpha value is -1.42. The van der Waals surface area contributed by atoms with Gasteiger partial charge in [-0.25, -0.2) is 0 Å². The van der Waals surface area contributed by atoms with Gasteiger partial charge in [-0.2, -0.15) is 5.26 Å². The maximum atomic E-state index is 12.5. The van der Waals surface area contributed by atoms with Gasteiger partial charge < -0.3 is 10.1 Å². The molecule has 1 unspecified atom stereocenters. The molecular weight excluding hydrogens is 322 g/mol. The smallest absolute Gasteiger partial charge is 0.235 e. The summed E-state index contributed by atoms with van der Waals surface area (Å²) in [7, 11) is 0. The number of nitriles is 1. The van der Waals surface area contributed by atoms with E-state index in [-0.39, 0.29) is 12.0 Å². The highest BCUT2D eigenvalue weighted by Crippen LogP contribution is 2.28. The second-order valence-corrected chi connectivity index (χ2v) is 7.87. The summed E-state index contributed by atoms with van der Waals surface area (Å²) in [5.41, 5.74) is -0.643. The van der Waals surface area contributed by atoms with Crippen LogP contribution in [0.2, 0.25) is 0 Å². The Labute approximate surface area is 147 Å².